The fraction of sp³-hybridized carbons (Fsp3) is 0.478. The van der Waals surface area contributed by atoms with E-state index in [4.69, 9.17) is 4.74 Å². The Bertz CT molecular complexity index is 747. The maximum Gasteiger partial charge on any atom is 0.261 e. The summed E-state index contributed by atoms with van der Waals surface area (Å²) in [7, 11) is 0. The highest BCUT2D eigenvalue weighted by Crippen LogP contribution is 2.21. The van der Waals surface area contributed by atoms with Crippen molar-refractivity contribution in [3.05, 3.63) is 59.9 Å². The van der Waals surface area contributed by atoms with Crippen LogP contribution in [0.5, 0.6) is 5.75 Å². The van der Waals surface area contributed by atoms with E-state index in [0.717, 1.165) is 43.8 Å². The molecule has 3 rings (SSSR count). The van der Waals surface area contributed by atoms with Crippen molar-refractivity contribution in [1.29, 1.82) is 0 Å². The summed E-state index contributed by atoms with van der Waals surface area (Å²) in [4.78, 5) is 19.5. The van der Waals surface area contributed by atoms with E-state index in [1.54, 1.807) is 6.20 Å². The van der Waals surface area contributed by atoms with Crippen molar-refractivity contribution in [2.24, 2.45) is 0 Å². The third-order valence-electron chi connectivity index (χ3n) is 5.25. The van der Waals surface area contributed by atoms with E-state index in [-0.39, 0.29) is 31.0 Å². The second-order valence-corrected chi connectivity index (χ2v) is 7.69. The molecule has 0 radical (unpaired) electrons. The van der Waals surface area contributed by atoms with Crippen molar-refractivity contribution in [2.75, 3.05) is 19.7 Å². The number of pyridine rings is 1. The highest BCUT2D eigenvalue weighted by molar-refractivity contribution is 5.85. The minimum atomic E-state index is 0. The van der Waals surface area contributed by atoms with E-state index in [1.165, 1.54) is 5.56 Å². The Morgan fingerprint density at radius 2 is 2.07 bits per heavy atom. The molecule has 158 valence electrons. The number of aromatic nitrogens is 1. The fourth-order valence-corrected chi connectivity index (χ4v) is 3.59. The quantitative estimate of drug-likeness (QED) is 0.734. The molecule has 0 aliphatic carbocycles. The van der Waals surface area contributed by atoms with E-state index in [2.05, 4.69) is 30.2 Å². The van der Waals surface area contributed by atoms with Crippen molar-refractivity contribution in [3.8, 4) is 5.75 Å². The molecule has 0 spiro atoms. The number of benzene rings is 1. The standard InChI is InChI=1S/C23H31N3O2.ClH/c1-18(2)19-7-5-10-22(15-19)28-17-23(27)26(16-20-8-3-4-13-25-20)21-9-6-12-24-14-11-21;/h3-5,7-8,10,13,15,18,21,24H,6,9,11-12,14,16-17H2,1-2H3;1H. The molecule has 0 saturated carbocycles. The van der Waals surface area contributed by atoms with Crippen LogP contribution < -0.4 is 10.1 Å². The molecule has 1 unspecified atom stereocenters. The predicted molar refractivity (Wildman–Crippen MR) is 119 cm³/mol. The number of ether oxygens (including phenoxy) is 1. The van der Waals surface area contributed by atoms with Crippen LogP contribution in [-0.2, 0) is 11.3 Å². The summed E-state index contributed by atoms with van der Waals surface area (Å²) in [5.74, 6) is 1.20. The predicted octanol–water partition coefficient (Wildman–Crippen LogP) is 4.18. The second-order valence-electron chi connectivity index (χ2n) is 7.69. The molecule has 2 aromatic rings. The van der Waals surface area contributed by atoms with E-state index >= 15 is 0 Å². The highest BCUT2D eigenvalue weighted by atomic mass is 35.5. The number of hydrogen-bond donors (Lipinski definition) is 1. The van der Waals surface area contributed by atoms with Gasteiger partial charge in [0.15, 0.2) is 6.61 Å². The first-order valence-corrected chi connectivity index (χ1v) is 10.3. The normalized spacial score (nSPS) is 16.6. The first kappa shape index (κ1) is 23.2. The monoisotopic (exact) mass is 417 g/mol. The zero-order chi connectivity index (χ0) is 19.8. The van der Waals surface area contributed by atoms with E-state index in [1.807, 2.05) is 41.3 Å². The Kier molecular flexibility index (Phi) is 9.42. The van der Waals surface area contributed by atoms with Crippen LogP contribution in [0, 0.1) is 0 Å². The van der Waals surface area contributed by atoms with Gasteiger partial charge in [-0.05, 0) is 68.1 Å². The van der Waals surface area contributed by atoms with Gasteiger partial charge in [-0.1, -0.05) is 32.0 Å². The lowest BCUT2D eigenvalue weighted by molar-refractivity contribution is -0.136. The average molecular weight is 418 g/mol. The van der Waals surface area contributed by atoms with Crippen molar-refractivity contribution in [1.82, 2.24) is 15.2 Å². The molecule has 1 N–H and O–H groups in total. The molecule has 1 saturated heterocycles. The van der Waals surface area contributed by atoms with Gasteiger partial charge in [0.1, 0.15) is 5.75 Å². The first-order valence-electron chi connectivity index (χ1n) is 10.3. The van der Waals surface area contributed by atoms with Crippen LogP contribution in [0.2, 0.25) is 0 Å². The summed E-state index contributed by atoms with van der Waals surface area (Å²) in [6, 6.07) is 14.1. The number of rotatable bonds is 7. The van der Waals surface area contributed by atoms with Crippen LogP contribution in [0.1, 0.15) is 50.3 Å². The molecule has 1 aromatic heterocycles. The number of amides is 1. The molecule has 1 atom stereocenters. The molecule has 1 aliphatic rings. The maximum absolute atomic E-state index is 13.1. The molecule has 0 bridgehead atoms. The lowest BCUT2D eigenvalue weighted by atomic mass is 10.0. The van der Waals surface area contributed by atoms with Gasteiger partial charge >= 0.3 is 0 Å². The average Bonchev–Trinajstić information content (AvgIpc) is 3.00. The van der Waals surface area contributed by atoms with Gasteiger partial charge in [0.2, 0.25) is 0 Å². The number of halogens is 1. The highest BCUT2D eigenvalue weighted by Gasteiger charge is 2.25. The van der Waals surface area contributed by atoms with Crippen molar-refractivity contribution in [2.45, 2.75) is 51.6 Å². The molecular weight excluding hydrogens is 386 g/mol. The second kappa shape index (κ2) is 11.8. The third-order valence-corrected chi connectivity index (χ3v) is 5.25. The summed E-state index contributed by atoms with van der Waals surface area (Å²) in [6.07, 6.45) is 4.82. The SMILES string of the molecule is CC(C)c1cccc(OCC(=O)N(Cc2ccccn2)C2CCCNCC2)c1.Cl. The van der Waals surface area contributed by atoms with Gasteiger partial charge in [-0.15, -0.1) is 12.4 Å². The minimum Gasteiger partial charge on any atom is -0.484 e. The molecule has 1 amide bonds. The molecule has 6 heteroatoms. The third kappa shape index (κ3) is 7.02. The Balaban J connectivity index is 0.00000300. The zero-order valence-corrected chi connectivity index (χ0v) is 18.2. The maximum atomic E-state index is 13.1. The molecular formula is C23H32ClN3O2. The van der Waals surface area contributed by atoms with Crippen LogP contribution >= 0.6 is 12.4 Å². The van der Waals surface area contributed by atoms with Gasteiger partial charge in [0, 0.05) is 12.2 Å². The van der Waals surface area contributed by atoms with Gasteiger partial charge < -0.3 is 15.0 Å². The Labute approximate surface area is 180 Å². The smallest absolute Gasteiger partial charge is 0.261 e. The number of hydrogen-bond acceptors (Lipinski definition) is 4. The Morgan fingerprint density at radius 3 is 2.83 bits per heavy atom. The molecule has 29 heavy (non-hydrogen) atoms. The molecule has 1 aliphatic heterocycles. The molecule has 1 aromatic carbocycles. The fourth-order valence-electron chi connectivity index (χ4n) is 3.59. The Morgan fingerprint density at radius 1 is 1.21 bits per heavy atom. The lowest BCUT2D eigenvalue weighted by Crippen LogP contribution is -2.43. The topological polar surface area (TPSA) is 54.5 Å². The van der Waals surface area contributed by atoms with Crippen LogP contribution in [0.4, 0.5) is 0 Å². The lowest BCUT2D eigenvalue weighted by Gasteiger charge is -2.31. The van der Waals surface area contributed by atoms with Gasteiger partial charge in [-0.25, -0.2) is 0 Å². The van der Waals surface area contributed by atoms with Crippen LogP contribution in [0.25, 0.3) is 0 Å². The van der Waals surface area contributed by atoms with Crippen LogP contribution in [0.3, 0.4) is 0 Å². The number of nitrogens with zero attached hydrogens (tertiary/aromatic N) is 2. The largest absolute Gasteiger partial charge is 0.484 e. The number of carbonyl (C=O) groups excluding carboxylic acids is 1. The zero-order valence-electron chi connectivity index (χ0n) is 17.3. The number of carbonyl (C=O) groups is 1. The summed E-state index contributed by atoms with van der Waals surface area (Å²) in [5, 5.41) is 3.42. The summed E-state index contributed by atoms with van der Waals surface area (Å²) >= 11 is 0. The van der Waals surface area contributed by atoms with Gasteiger partial charge in [0.25, 0.3) is 5.91 Å². The van der Waals surface area contributed by atoms with Crippen molar-refractivity contribution < 1.29 is 9.53 Å². The summed E-state index contributed by atoms with van der Waals surface area (Å²) < 4.78 is 5.87. The van der Waals surface area contributed by atoms with E-state index in [0.29, 0.717) is 12.5 Å². The van der Waals surface area contributed by atoms with Crippen molar-refractivity contribution in [3.63, 3.8) is 0 Å². The van der Waals surface area contributed by atoms with Crippen LogP contribution in [-0.4, -0.2) is 41.5 Å². The van der Waals surface area contributed by atoms with E-state index in [9.17, 15) is 4.79 Å². The Hall–Kier alpha value is -2.11. The van der Waals surface area contributed by atoms with Crippen LogP contribution in [0.15, 0.2) is 48.7 Å². The molecule has 2 heterocycles. The molecule has 1 fully saturated rings. The summed E-state index contributed by atoms with van der Waals surface area (Å²) in [5.41, 5.74) is 2.12. The minimum absolute atomic E-state index is 0. The van der Waals surface area contributed by atoms with E-state index < -0.39 is 0 Å². The van der Waals surface area contributed by atoms with Gasteiger partial charge in [0.05, 0.1) is 12.2 Å². The van der Waals surface area contributed by atoms with Gasteiger partial charge in [-0.3, -0.25) is 9.78 Å². The number of nitrogens with one attached hydrogen (secondary N) is 1. The van der Waals surface area contributed by atoms with Gasteiger partial charge in [-0.2, -0.15) is 0 Å². The first-order chi connectivity index (χ1) is 13.6. The van der Waals surface area contributed by atoms with Crippen molar-refractivity contribution >= 4 is 18.3 Å². The summed E-state index contributed by atoms with van der Waals surface area (Å²) in [6.45, 7) is 6.84. The molecule has 5 nitrogen and oxygen atoms in total.